The Kier molecular flexibility index (Phi) is 4.40. The van der Waals surface area contributed by atoms with Gasteiger partial charge < -0.3 is 9.72 Å². The van der Waals surface area contributed by atoms with E-state index in [2.05, 4.69) is 11.9 Å². The van der Waals surface area contributed by atoms with Gasteiger partial charge in [-0.1, -0.05) is 26.2 Å². The second-order valence-corrected chi connectivity index (χ2v) is 4.50. The van der Waals surface area contributed by atoms with Crippen LogP contribution in [0.1, 0.15) is 43.1 Å². The van der Waals surface area contributed by atoms with Gasteiger partial charge in [-0.05, 0) is 24.6 Å². The highest BCUT2D eigenvalue weighted by Gasteiger charge is 2.01. The lowest BCUT2D eigenvalue weighted by Crippen LogP contribution is -1.96. The molecule has 0 fully saturated rings. The fourth-order valence-electron chi connectivity index (χ4n) is 2.00. The van der Waals surface area contributed by atoms with Gasteiger partial charge in [0.25, 0.3) is 0 Å². The Morgan fingerprint density at radius 3 is 2.89 bits per heavy atom. The minimum atomic E-state index is 0.602. The van der Waals surface area contributed by atoms with E-state index in [0.29, 0.717) is 5.69 Å². The molecular weight excluding hydrogens is 226 g/mol. The van der Waals surface area contributed by atoms with Gasteiger partial charge in [0.05, 0.1) is 12.3 Å². The first kappa shape index (κ1) is 12.7. The number of carbonyl (C=O) groups excluding carboxylic acids is 1. The first-order valence-corrected chi connectivity index (χ1v) is 6.54. The third-order valence-electron chi connectivity index (χ3n) is 3.01. The molecule has 18 heavy (non-hydrogen) atoms. The molecule has 0 aliphatic heterocycles. The Labute approximate surface area is 107 Å². The zero-order valence-electron chi connectivity index (χ0n) is 10.7. The number of aldehydes is 1. The van der Waals surface area contributed by atoms with Crippen LogP contribution in [0.3, 0.4) is 0 Å². The van der Waals surface area contributed by atoms with Gasteiger partial charge in [-0.2, -0.15) is 0 Å². The summed E-state index contributed by atoms with van der Waals surface area (Å²) in [5.74, 6) is 0.860. The molecular formula is C15H19NO2. The maximum absolute atomic E-state index is 10.7. The van der Waals surface area contributed by atoms with E-state index in [-0.39, 0.29) is 0 Å². The number of fused-ring (bicyclic) bond motifs is 1. The van der Waals surface area contributed by atoms with Crippen molar-refractivity contribution < 1.29 is 9.53 Å². The first-order chi connectivity index (χ1) is 8.83. The Morgan fingerprint density at radius 1 is 1.22 bits per heavy atom. The number of ether oxygens (including phenoxy) is 1. The van der Waals surface area contributed by atoms with Gasteiger partial charge in [0, 0.05) is 17.0 Å². The number of hydrogen-bond donors (Lipinski definition) is 1. The zero-order chi connectivity index (χ0) is 12.8. The number of aromatic nitrogens is 1. The maximum atomic E-state index is 10.7. The molecule has 3 nitrogen and oxygen atoms in total. The van der Waals surface area contributed by atoms with E-state index in [1.54, 1.807) is 0 Å². The van der Waals surface area contributed by atoms with Gasteiger partial charge in [-0.15, -0.1) is 0 Å². The van der Waals surface area contributed by atoms with Crippen LogP contribution in [-0.2, 0) is 0 Å². The lowest BCUT2D eigenvalue weighted by molar-refractivity contribution is 0.112. The summed E-state index contributed by atoms with van der Waals surface area (Å²) < 4.78 is 5.70. The summed E-state index contributed by atoms with van der Waals surface area (Å²) in [6.45, 7) is 2.96. The van der Waals surface area contributed by atoms with Crippen molar-refractivity contribution in [3.63, 3.8) is 0 Å². The van der Waals surface area contributed by atoms with E-state index in [1.165, 1.54) is 19.3 Å². The van der Waals surface area contributed by atoms with E-state index < -0.39 is 0 Å². The fraction of sp³-hybridized carbons (Fsp3) is 0.400. The van der Waals surface area contributed by atoms with Crippen molar-refractivity contribution in [1.82, 2.24) is 4.98 Å². The van der Waals surface area contributed by atoms with Crippen LogP contribution in [0.5, 0.6) is 5.75 Å². The summed E-state index contributed by atoms with van der Waals surface area (Å²) in [5, 5.41) is 1.04. The summed E-state index contributed by atoms with van der Waals surface area (Å²) in [6, 6.07) is 7.71. The van der Waals surface area contributed by atoms with Crippen molar-refractivity contribution in [3.05, 3.63) is 30.0 Å². The van der Waals surface area contributed by atoms with Gasteiger partial charge in [0.15, 0.2) is 6.29 Å². The van der Waals surface area contributed by atoms with E-state index in [4.69, 9.17) is 4.74 Å². The predicted octanol–water partition coefficient (Wildman–Crippen LogP) is 3.94. The van der Waals surface area contributed by atoms with Crippen molar-refractivity contribution in [2.24, 2.45) is 0 Å². The summed E-state index contributed by atoms with van der Waals surface area (Å²) in [4.78, 5) is 13.7. The summed E-state index contributed by atoms with van der Waals surface area (Å²) >= 11 is 0. The Hall–Kier alpha value is -1.77. The molecule has 3 heteroatoms. The topological polar surface area (TPSA) is 42.1 Å². The molecule has 0 bridgehead atoms. The molecule has 0 aliphatic carbocycles. The second kappa shape index (κ2) is 6.24. The van der Waals surface area contributed by atoms with Crippen molar-refractivity contribution in [1.29, 1.82) is 0 Å². The molecule has 1 aromatic heterocycles. The molecule has 0 radical (unpaired) electrons. The quantitative estimate of drug-likeness (QED) is 0.593. The fourth-order valence-corrected chi connectivity index (χ4v) is 2.00. The third kappa shape index (κ3) is 3.13. The lowest BCUT2D eigenvalue weighted by atomic mass is 10.2. The van der Waals surface area contributed by atoms with Gasteiger partial charge in [0.2, 0.25) is 0 Å². The van der Waals surface area contributed by atoms with Crippen molar-refractivity contribution in [2.45, 2.75) is 32.6 Å². The average molecular weight is 245 g/mol. The Bertz CT molecular complexity index is 516. The number of H-pyrrole nitrogens is 1. The van der Waals surface area contributed by atoms with Gasteiger partial charge >= 0.3 is 0 Å². The number of nitrogens with one attached hydrogen (secondary N) is 1. The largest absolute Gasteiger partial charge is 0.494 e. The first-order valence-electron chi connectivity index (χ1n) is 6.54. The predicted molar refractivity (Wildman–Crippen MR) is 73.3 cm³/mol. The van der Waals surface area contributed by atoms with Crippen LogP contribution in [0.15, 0.2) is 24.3 Å². The third-order valence-corrected chi connectivity index (χ3v) is 3.01. The molecule has 2 aromatic rings. The second-order valence-electron chi connectivity index (χ2n) is 4.50. The number of rotatable bonds is 7. The standard InChI is InChI=1S/C15H19NO2/c1-2-3-4-5-8-18-14-7-6-12-9-13(11-17)16-15(12)10-14/h6-7,9-11,16H,2-5,8H2,1H3. The normalized spacial score (nSPS) is 10.7. The van der Waals surface area contributed by atoms with Crippen LogP contribution >= 0.6 is 0 Å². The molecule has 0 saturated heterocycles. The number of aromatic amines is 1. The highest BCUT2D eigenvalue weighted by Crippen LogP contribution is 2.21. The highest BCUT2D eigenvalue weighted by molar-refractivity contribution is 5.88. The molecule has 0 saturated carbocycles. The Balaban J connectivity index is 1.94. The molecule has 1 heterocycles. The SMILES string of the molecule is CCCCCCOc1ccc2cc(C=O)[nH]c2c1. The molecule has 0 aliphatic rings. The van der Waals surface area contributed by atoms with Crippen LogP contribution in [0.2, 0.25) is 0 Å². The number of benzene rings is 1. The number of carbonyl (C=O) groups is 1. The summed E-state index contributed by atoms with van der Waals surface area (Å²) in [7, 11) is 0. The zero-order valence-corrected chi connectivity index (χ0v) is 10.7. The van der Waals surface area contributed by atoms with E-state index >= 15 is 0 Å². The molecule has 1 aromatic carbocycles. The maximum Gasteiger partial charge on any atom is 0.166 e. The molecule has 0 amide bonds. The van der Waals surface area contributed by atoms with Gasteiger partial charge in [0.1, 0.15) is 5.75 Å². The van der Waals surface area contributed by atoms with Crippen LogP contribution in [0.4, 0.5) is 0 Å². The van der Waals surface area contributed by atoms with E-state index in [0.717, 1.165) is 36.0 Å². The highest BCUT2D eigenvalue weighted by atomic mass is 16.5. The Morgan fingerprint density at radius 2 is 2.11 bits per heavy atom. The van der Waals surface area contributed by atoms with Crippen LogP contribution in [0, 0.1) is 0 Å². The van der Waals surface area contributed by atoms with E-state index in [1.807, 2.05) is 24.3 Å². The number of unbranched alkanes of at least 4 members (excludes halogenated alkanes) is 3. The molecule has 0 unspecified atom stereocenters. The smallest absolute Gasteiger partial charge is 0.166 e. The van der Waals surface area contributed by atoms with Crippen LogP contribution in [0.25, 0.3) is 10.9 Å². The number of hydrogen-bond acceptors (Lipinski definition) is 2. The van der Waals surface area contributed by atoms with Crippen molar-refractivity contribution in [3.8, 4) is 5.75 Å². The summed E-state index contributed by atoms with van der Waals surface area (Å²) in [5.41, 5.74) is 1.55. The van der Waals surface area contributed by atoms with Crippen LogP contribution < -0.4 is 4.74 Å². The molecule has 1 N–H and O–H groups in total. The van der Waals surface area contributed by atoms with Crippen molar-refractivity contribution in [2.75, 3.05) is 6.61 Å². The molecule has 2 rings (SSSR count). The average Bonchev–Trinajstić information content (AvgIpc) is 2.80. The monoisotopic (exact) mass is 245 g/mol. The minimum absolute atomic E-state index is 0.602. The van der Waals surface area contributed by atoms with Gasteiger partial charge in [-0.3, -0.25) is 4.79 Å². The molecule has 0 spiro atoms. The molecule has 0 atom stereocenters. The van der Waals surface area contributed by atoms with Crippen LogP contribution in [-0.4, -0.2) is 17.9 Å². The van der Waals surface area contributed by atoms with Crippen molar-refractivity contribution >= 4 is 17.2 Å². The minimum Gasteiger partial charge on any atom is -0.494 e. The summed E-state index contributed by atoms with van der Waals surface area (Å²) in [6.07, 6.45) is 5.64. The lowest BCUT2D eigenvalue weighted by Gasteiger charge is -2.05. The van der Waals surface area contributed by atoms with E-state index in [9.17, 15) is 4.79 Å². The molecule has 96 valence electrons. The van der Waals surface area contributed by atoms with Gasteiger partial charge in [-0.25, -0.2) is 0 Å².